The maximum Gasteiger partial charge on any atom is 0.306 e. The Kier molecular flexibility index (Phi) is 46.6. The van der Waals surface area contributed by atoms with Crippen LogP contribution in [0.2, 0.25) is 0 Å². The molecule has 0 aliphatic heterocycles. The molecule has 0 amide bonds. The van der Waals surface area contributed by atoms with Gasteiger partial charge in [0.1, 0.15) is 19.8 Å². The van der Waals surface area contributed by atoms with E-state index in [9.17, 15) is 19.0 Å². The highest BCUT2D eigenvalue weighted by molar-refractivity contribution is 7.45. The number of allylic oxidation sites excluding steroid dienone is 12. The summed E-state index contributed by atoms with van der Waals surface area (Å²) in [5, 5.41) is 0. The number of nitrogens with zero attached hydrogens (tertiary/aromatic N) is 1. The number of phosphoric ester groups is 1. The molecule has 0 saturated carbocycles. The highest BCUT2D eigenvalue weighted by Crippen LogP contribution is 2.38. The maximum atomic E-state index is 12.7. The normalized spacial score (nSPS) is 13.9. The third kappa shape index (κ3) is 52.7. The zero-order valence-corrected chi connectivity index (χ0v) is 44.7. The minimum Gasteiger partial charge on any atom is -0.756 e. The second kappa shape index (κ2) is 48.5. The molecule has 0 aromatic rings. The standard InChI is InChI=1S/C57H102NO8P/c1-6-8-10-12-14-16-17-18-19-20-21-22-23-24-25-26-27-28-29-30-31-32-33-34-35-36-37-38-39-40-41-42-44-46-48-50-57(60)66-55(54-65-67(61,62)64-52-51-58(3,4)5)53-63-56(59)49-47-45-43-15-13-11-9-7-2/h8,10,14,16,18-19,21-22,24-25,27-28,55H,6-7,9,11-13,15,17,20,23,26,29-54H2,1-5H3/b10-8-,16-14-,19-18-,22-21-,25-24-,28-27-. The summed E-state index contributed by atoms with van der Waals surface area (Å²) >= 11 is 0. The lowest BCUT2D eigenvalue weighted by Crippen LogP contribution is -2.37. The predicted octanol–water partition coefficient (Wildman–Crippen LogP) is 15.9. The molecule has 10 heteroatoms. The highest BCUT2D eigenvalue weighted by Gasteiger charge is 2.21. The quantitative estimate of drug-likeness (QED) is 0.0195. The van der Waals surface area contributed by atoms with E-state index in [1.54, 1.807) is 0 Å². The summed E-state index contributed by atoms with van der Waals surface area (Å²) in [5.74, 6) is -0.835. The van der Waals surface area contributed by atoms with Crippen LogP contribution in [0.1, 0.15) is 226 Å². The van der Waals surface area contributed by atoms with Crippen LogP contribution < -0.4 is 4.89 Å². The first kappa shape index (κ1) is 64.5. The minimum absolute atomic E-state index is 0.0310. The van der Waals surface area contributed by atoms with Gasteiger partial charge in [-0.1, -0.05) is 222 Å². The Balaban J connectivity index is 3.95. The van der Waals surface area contributed by atoms with Gasteiger partial charge in [-0.15, -0.1) is 0 Å². The molecule has 0 radical (unpaired) electrons. The average molecular weight is 960 g/mol. The van der Waals surface area contributed by atoms with Gasteiger partial charge in [-0.2, -0.15) is 0 Å². The molecule has 0 rings (SSSR count). The molecule has 0 spiro atoms. The van der Waals surface area contributed by atoms with Gasteiger partial charge in [0.05, 0.1) is 27.7 Å². The van der Waals surface area contributed by atoms with E-state index >= 15 is 0 Å². The van der Waals surface area contributed by atoms with Gasteiger partial charge in [0.25, 0.3) is 7.82 Å². The number of hydrogen-bond donors (Lipinski definition) is 0. The molecule has 0 heterocycles. The van der Waals surface area contributed by atoms with Crippen molar-refractivity contribution >= 4 is 19.8 Å². The van der Waals surface area contributed by atoms with Gasteiger partial charge in [-0.25, -0.2) is 0 Å². The van der Waals surface area contributed by atoms with Gasteiger partial charge in [0.15, 0.2) is 6.10 Å². The van der Waals surface area contributed by atoms with Crippen LogP contribution in [-0.4, -0.2) is 70.0 Å². The molecule has 388 valence electrons. The van der Waals surface area contributed by atoms with Crippen LogP contribution in [0.15, 0.2) is 72.9 Å². The first-order valence-electron chi connectivity index (χ1n) is 27.1. The Morgan fingerprint density at radius 1 is 0.478 bits per heavy atom. The topological polar surface area (TPSA) is 111 Å². The Hall–Kier alpha value is -2.55. The Labute approximate surface area is 412 Å². The van der Waals surface area contributed by atoms with E-state index in [0.29, 0.717) is 17.4 Å². The number of rotatable bonds is 49. The molecule has 0 aliphatic carbocycles. The molecule has 0 aromatic carbocycles. The molecule has 0 saturated heterocycles. The number of carbonyl (C=O) groups excluding carboxylic acids is 2. The molecule has 0 bridgehead atoms. The molecule has 0 aromatic heterocycles. The van der Waals surface area contributed by atoms with E-state index in [0.717, 1.165) is 77.0 Å². The van der Waals surface area contributed by atoms with Gasteiger partial charge < -0.3 is 27.9 Å². The van der Waals surface area contributed by atoms with Gasteiger partial charge in [0, 0.05) is 12.8 Å². The van der Waals surface area contributed by atoms with Crippen LogP contribution in [0.3, 0.4) is 0 Å². The van der Waals surface area contributed by atoms with Gasteiger partial charge in [0.2, 0.25) is 0 Å². The van der Waals surface area contributed by atoms with E-state index in [2.05, 4.69) is 86.8 Å². The highest BCUT2D eigenvalue weighted by atomic mass is 31.2. The number of quaternary nitrogens is 1. The van der Waals surface area contributed by atoms with Crippen molar-refractivity contribution in [2.45, 2.75) is 232 Å². The number of carbonyl (C=O) groups is 2. The molecular formula is C57H102NO8P. The molecular weight excluding hydrogens is 858 g/mol. The monoisotopic (exact) mass is 960 g/mol. The van der Waals surface area contributed by atoms with Crippen molar-refractivity contribution in [1.29, 1.82) is 0 Å². The smallest absolute Gasteiger partial charge is 0.306 e. The molecule has 2 atom stereocenters. The fraction of sp³-hybridized carbons (Fsp3) is 0.754. The fourth-order valence-corrected chi connectivity index (χ4v) is 8.04. The van der Waals surface area contributed by atoms with Gasteiger partial charge >= 0.3 is 11.9 Å². The number of likely N-dealkylation sites (N-methyl/N-ethyl adjacent to an activating group) is 1. The minimum atomic E-state index is -4.62. The van der Waals surface area contributed by atoms with Crippen LogP contribution >= 0.6 is 7.82 Å². The summed E-state index contributed by atoms with van der Waals surface area (Å²) in [6, 6.07) is 0. The number of esters is 2. The van der Waals surface area contributed by atoms with E-state index in [1.807, 2.05) is 21.1 Å². The summed E-state index contributed by atoms with van der Waals surface area (Å²) < 4.78 is 33.9. The first-order chi connectivity index (χ1) is 32.5. The van der Waals surface area contributed by atoms with Gasteiger partial charge in [-0.05, 0) is 64.2 Å². The third-order valence-corrected chi connectivity index (χ3v) is 12.5. The van der Waals surface area contributed by atoms with E-state index < -0.39 is 26.5 Å². The van der Waals surface area contributed by atoms with E-state index in [4.69, 9.17) is 18.5 Å². The van der Waals surface area contributed by atoms with Crippen LogP contribution in [0, 0.1) is 0 Å². The molecule has 0 N–H and O–H groups in total. The largest absolute Gasteiger partial charge is 0.756 e. The lowest BCUT2D eigenvalue weighted by molar-refractivity contribution is -0.870. The van der Waals surface area contributed by atoms with Crippen LogP contribution in [0.25, 0.3) is 0 Å². The van der Waals surface area contributed by atoms with E-state index in [-0.39, 0.29) is 32.0 Å². The summed E-state index contributed by atoms with van der Waals surface area (Å²) in [6.45, 7) is 4.09. The lowest BCUT2D eigenvalue weighted by Gasteiger charge is -2.28. The number of ether oxygens (including phenoxy) is 2. The summed E-state index contributed by atoms with van der Waals surface area (Å²) in [5.41, 5.74) is 0. The van der Waals surface area contributed by atoms with Crippen LogP contribution in [-0.2, 0) is 32.7 Å². The van der Waals surface area contributed by atoms with Crippen molar-refractivity contribution in [1.82, 2.24) is 0 Å². The number of hydrogen-bond acceptors (Lipinski definition) is 8. The Morgan fingerprint density at radius 2 is 0.851 bits per heavy atom. The fourth-order valence-electron chi connectivity index (χ4n) is 7.31. The van der Waals surface area contributed by atoms with Gasteiger partial charge in [-0.3, -0.25) is 14.2 Å². The molecule has 2 unspecified atom stereocenters. The maximum absolute atomic E-state index is 12.7. The second-order valence-corrected chi connectivity index (χ2v) is 20.6. The number of unbranched alkanes of at least 4 members (excludes halogenated alkanes) is 23. The van der Waals surface area contributed by atoms with Crippen molar-refractivity contribution in [3.8, 4) is 0 Å². The molecule has 9 nitrogen and oxygen atoms in total. The Morgan fingerprint density at radius 3 is 1.27 bits per heavy atom. The first-order valence-corrected chi connectivity index (χ1v) is 28.6. The van der Waals surface area contributed by atoms with Crippen molar-refractivity contribution < 1.29 is 42.1 Å². The SMILES string of the molecule is CC/C=C\C/C=C\C/C=C\C/C=C\C/C=C\C/C=C\CCCCCCCCCCCCCCCCCCC(=O)OC(COC(=O)CCCCCCCCCC)COP(=O)([O-])OCC[N+](C)(C)C. The molecule has 67 heavy (non-hydrogen) atoms. The van der Waals surface area contributed by atoms with E-state index in [1.165, 1.54) is 116 Å². The predicted molar refractivity (Wildman–Crippen MR) is 282 cm³/mol. The number of phosphoric acid groups is 1. The van der Waals surface area contributed by atoms with Crippen LogP contribution in [0.4, 0.5) is 0 Å². The summed E-state index contributed by atoms with van der Waals surface area (Å²) in [4.78, 5) is 37.5. The van der Waals surface area contributed by atoms with Crippen LogP contribution in [0.5, 0.6) is 0 Å². The molecule has 0 fully saturated rings. The van der Waals surface area contributed by atoms with Crippen molar-refractivity contribution in [3.05, 3.63) is 72.9 Å². The lowest BCUT2D eigenvalue weighted by atomic mass is 10.0. The molecule has 0 aliphatic rings. The van der Waals surface area contributed by atoms with Crippen molar-refractivity contribution in [2.24, 2.45) is 0 Å². The zero-order chi connectivity index (χ0) is 49.2. The van der Waals surface area contributed by atoms with Crippen molar-refractivity contribution in [3.63, 3.8) is 0 Å². The zero-order valence-electron chi connectivity index (χ0n) is 43.8. The van der Waals surface area contributed by atoms with Crippen molar-refractivity contribution in [2.75, 3.05) is 47.5 Å². The average Bonchev–Trinajstić information content (AvgIpc) is 3.29. The summed E-state index contributed by atoms with van der Waals surface area (Å²) in [6.07, 6.45) is 62.6. The Bertz CT molecular complexity index is 1360. The second-order valence-electron chi connectivity index (χ2n) is 19.2. The third-order valence-electron chi connectivity index (χ3n) is 11.5. The summed E-state index contributed by atoms with van der Waals surface area (Å²) in [7, 11) is 1.17.